The first-order valence-corrected chi connectivity index (χ1v) is 4.56. The van der Waals surface area contributed by atoms with E-state index >= 15 is 0 Å². The van der Waals surface area contributed by atoms with Crippen LogP contribution in [0.2, 0.25) is 0 Å². The van der Waals surface area contributed by atoms with Crippen molar-refractivity contribution in [1.82, 2.24) is 4.98 Å². The molecule has 4 nitrogen and oxygen atoms in total. The summed E-state index contributed by atoms with van der Waals surface area (Å²) in [5, 5.41) is 1.01. The lowest BCUT2D eigenvalue weighted by atomic mass is 10.2. The minimum atomic E-state index is -0.396. The van der Waals surface area contributed by atoms with E-state index in [1.165, 1.54) is 7.11 Å². The van der Waals surface area contributed by atoms with Crippen molar-refractivity contribution < 1.29 is 14.3 Å². The standard InChI is InChI=1S/C11H11NO3/c1-14-7-11(13)15-9-2-3-10-8(6-9)4-5-12-10/h2-6,12H,7H2,1H3. The normalized spacial score (nSPS) is 10.5. The van der Waals surface area contributed by atoms with Crippen LogP contribution >= 0.6 is 0 Å². The first kappa shape index (κ1) is 9.73. The molecule has 1 heterocycles. The fraction of sp³-hybridized carbons (Fsp3) is 0.182. The van der Waals surface area contributed by atoms with Gasteiger partial charge < -0.3 is 14.5 Å². The van der Waals surface area contributed by atoms with Crippen LogP contribution in [0.25, 0.3) is 10.9 Å². The number of methoxy groups -OCH3 is 1. The van der Waals surface area contributed by atoms with E-state index in [4.69, 9.17) is 4.74 Å². The van der Waals surface area contributed by atoms with E-state index in [0.717, 1.165) is 10.9 Å². The Hall–Kier alpha value is -1.81. The van der Waals surface area contributed by atoms with Crippen LogP contribution in [-0.2, 0) is 9.53 Å². The number of aromatic amines is 1. The molecule has 0 aliphatic heterocycles. The van der Waals surface area contributed by atoms with Gasteiger partial charge >= 0.3 is 5.97 Å². The van der Waals surface area contributed by atoms with Gasteiger partial charge in [0.25, 0.3) is 0 Å². The van der Waals surface area contributed by atoms with Crippen LogP contribution in [0.3, 0.4) is 0 Å². The Morgan fingerprint density at radius 3 is 3.07 bits per heavy atom. The monoisotopic (exact) mass is 205 g/mol. The first-order valence-electron chi connectivity index (χ1n) is 4.56. The van der Waals surface area contributed by atoms with Gasteiger partial charge in [-0.15, -0.1) is 0 Å². The third kappa shape index (κ3) is 2.16. The van der Waals surface area contributed by atoms with Crippen LogP contribution < -0.4 is 4.74 Å². The fourth-order valence-electron chi connectivity index (χ4n) is 1.37. The maximum absolute atomic E-state index is 11.1. The summed E-state index contributed by atoms with van der Waals surface area (Å²) >= 11 is 0. The third-order valence-electron chi connectivity index (χ3n) is 2.02. The van der Waals surface area contributed by atoms with Gasteiger partial charge in [0, 0.05) is 24.2 Å². The van der Waals surface area contributed by atoms with E-state index in [2.05, 4.69) is 9.72 Å². The van der Waals surface area contributed by atoms with Crippen molar-refractivity contribution >= 4 is 16.9 Å². The maximum Gasteiger partial charge on any atom is 0.337 e. The molecule has 0 fully saturated rings. The smallest absolute Gasteiger partial charge is 0.337 e. The van der Waals surface area contributed by atoms with Gasteiger partial charge in [-0.25, -0.2) is 4.79 Å². The van der Waals surface area contributed by atoms with Gasteiger partial charge in [0.2, 0.25) is 0 Å². The number of hydrogen-bond donors (Lipinski definition) is 1. The highest BCUT2D eigenvalue weighted by atomic mass is 16.6. The van der Waals surface area contributed by atoms with E-state index < -0.39 is 5.97 Å². The number of aromatic nitrogens is 1. The van der Waals surface area contributed by atoms with Crippen molar-refractivity contribution in [3.63, 3.8) is 0 Å². The molecule has 0 saturated heterocycles. The van der Waals surface area contributed by atoms with Crippen molar-refractivity contribution in [1.29, 1.82) is 0 Å². The quantitative estimate of drug-likeness (QED) is 0.613. The third-order valence-corrected chi connectivity index (χ3v) is 2.02. The zero-order valence-electron chi connectivity index (χ0n) is 8.32. The Balaban J connectivity index is 2.17. The number of H-pyrrole nitrogens is 1. The van der Waals surface area contributed by atoms with Gasteiger partial charge in [0.05, 0.1) is 0 Å². The summed E-state index contributed by atoms with van der Waals surface area (Å²) in [5.41, 5.74) is 1.02. The van der Waals surface area contributed by atoms with Crippen molar-refractivity contribution in [3.05, 3.63) is 30.5 Å². The molecule has 15 heavy (non-hydrogen) atoms. The Kier molecular flexibility index (Phi) is 2.69. The zero-order valence-corrected chi connectivity index (χ0v) is 8.32. The molecule has 0 atom stereocenters. The molecule has 0 amide bonds. The Morgan fingerprint density at radius 1 is 1.40 bits per heavy atom. The fourth-order valence-corrected chi connectivity index (χ4v) is 1.37. The molecule has 2 rings (SSSR count). The zero-order chi connectivity index (χ0) is 10.7. The molecule has 0 spiro atoms. The summed E-state index contributed by atoms with van der Waals surface area (Å²) in [7, 11) is 1.45. The van der Waals surface area contributed by atoms with Gasteiger partial charge in [0.1, 0.15) is 12.4 Å². The summed E-state index contributed by atoms with van der Waals surface area (Å²) in [5.74, 6) is 0.136. The second kappa shape index (κ2) is 4.14. The minimum Gasteiger partial charge on any atom is -0.425 e. The molecule has 2 aromatic rings. The molecule has 1 aromatic carbocycles. The highest BCUT2D eigenvalue weighted by molar-refractivity contribution is 5.82. The summed E-state index contributed by atoms with van der Waals surface area (Å²) < 4.78 is 9.72. The molecule has 0 unspecified atom stereocenters. The van der Waals surface area contributed by atoms with Crippen LogP contribution in [0.15, 0.2) is 30.5 Å². The van der Waals surface area contributed by atoms with Crippen LogP contribution in [0.1, 0.15) is 0 Å². The topological polar surface area (TPSA) is 51.3 Å². The molecule has 4 heteroatoms. The van der Waals surface area contributed by atoms with Crippen molar-refractivity contribution in [2.24, 2.45) is 0 Å². The summed E-state index contributed by atoms with van der Waals surface area (Å²) in [4.78, 5) is 14.2. The van der Waals surface area contributed by atoms with E-state index in [-0.39, 0.29) is 6.61 Å². The molecule has 0 radical (unpaired) electrons. The maximum atomic E-state index is 11.1. The number of benzene rings is 1. The van der Waals surface area contributed by atoms with Crippen LogP contribution in [0, 0.1) is 0 Å². The molecular formula is C11H11NO3. The lowest BCUT2D eigenvalue weighted by Gasteiger charge is -2.03. The second-order valence-corrected chi connectivity index (χ2v) is 3.13. The average Bonchev–Trinajstić information content (AvgIpc) is 2.65. The lowest BCUT2D eigenvalue weighted by molar-refractivity contribution is -0.138. The average molecular weight is 205 g/mol. The molecule has 0 aliphatic carbocycles. The second-order valence-electron chi connectivity index (χ2n) is 3.13. The van der Waals surface area contributed by atoms with Crippen LogP contribution in [-0.4, -0.2) is 24.7 Å². The number of carbonyl (C=O) groups excluding carboxylic acids is 1. The molecule has 78 valence electrons. The van der Waals surface area contributed by atoms with Gasteiger partial charge in [-0.2, -0.15) is 0 Å². The summed E-state index contributed by atoms with van der Waals surface area (Å²) in [6, 6.07) is 7.33. The minimum absolute atomic E-state index is 0.0365. The largest absolute Gasteiger partial charge is 0.425 e. The number of rotatable bonds is 3. The molecule has 1 aromatic heterocycles. The van der Waals surface area contributed by atoms with Crippen LogP contribution in [0.4, 0.5) is 0 Å². The molecule has 1 N–H and O–H groups in total. The molecule has 0 bridgehead atoms. The highest BCUT2D eigenvalue weighted by Gasteiger charge is 2.04. The van der Waals surface area contributed by atoms with E-state index in [1.54, 1.807) is 12.1 Å². The van der Waals surface area contributed by atoms with Gasteiger partial charge in [-0.1, -0.05) is 0 Å². The van der Waals surface area contributed by atoms with Crippen molar-refractivity contribution in [3.8, 4) is 5.75 Å². The molecular weight excluding hydrogens is 194 g/mol. The number of fused-ring (bicyclic) bond motifs is 1. The molecule has 0 saturated carbocycles. The van der Waals surface area contributed by atoms with Gasteiger partial charge in [-0.3, -0.25) is 0 Å². The van der Waals surface area contributed by atoms with Crippen LogP contribution in [0.5, 0.6) is 5.75 Å². The summed E-state index contributed by atoms with van der Waals surface area (Å²) in [6.07, 6.45) is 1.84. The number of carbonyl (C=O) groups is 1. The number of ether oxygens (including phenoxy) is 2. The highest BCUT2D eigenvalue weighted by Crippen LogP contribution is 2.19. The number of hydrogen-bond acceptors (Lipinski definition) is 3. The number of esters is 1. The van der Waals surface area contributed by atoms with E-state index in [0.29, 0.717) is 5.75 Å². The predicted molar refractivity (Wildman–Crippen MR) is 55.8 cm³/mol. The molecule has 0 aliphatic rings. The number of nitrogens with one attached hydrogen (secondary N) is 1. The first-order chi connectivity index (χ1) is 7.29. The SMILES string of the molecule is COCC(=O)Oc1ccc2[nH]ccc2c1. The van der Waals surface area contributed by atoms with E-state index in [9.17, 15) is 4.79 Å². The van der Waals surface area contributed by atoms with Crippen molar-refractivity contribution in [2.45, 2.75) is 0 Å². The van der Waals surface area contributed by atoms with Gasteiger partial charge in [0.15, 0.2) is 0 Å². The van der Waals surface area contributed by atoms with E-state index in [1.807, 2.05) is 18.3 Å². The Morgan fingerprint density at radius 2 is 2.27 bits per heavy atom. The lowest BCUT2D eigenvalue weighted by Crippen LogP contribution is -2.13. The Bertz CT molecular complexity index is 475. The predicted octanol–water partition coefficient (Wildman–Crippen LogP) is 1.72. The van der Waals surface area contributed by atoms with Gasteiger partial charge in [-0.05, 0) is 24.3 Å². The summed E-state index contributed by atoms with van der Waals surface area (Å²) in [6.45, 7) is -0.0365. The Labute approximate surface area is 86.8 Å². The van der Waals surface area contributed by atoms with Crippen molar-refractivity contribution in [2.75, 3.05) is 13.7 Å².